The van der Waals surface area contributed by atoms with Gasteiger partial charge in [0.05, 0.1) is 6.61 Å². The zero-order valence-corrected chi connectivity index (χ0v) is 36.6. The molecule has 4 heterocycles. The first kappa shape index (κ1) is 42.1. The summed E-state index contributed by atoms with van der Waals surface area (Å²) in [6, 6.07) is 48.5. The topological polar surface area (TPSA) is 131 Å². The number of anilines is 1. The lowest BCUT2D eigenvalue weighted by molar-refractivity contribution is -0.154. The van der Waals surface area contributed by atoms with Gasteiger partial charge in [0.15, 0.2) is 16.9 Å². The predicted octanol–water partition coefficient (Wildman–Crippen LogP) is 8.36. The molecule has 2 fully saturated rings. The molecule has 6 aromatic rings. The summed E-state index contributed by atoms with van der Waals surface area (Å²) in [5.41, 5.74) is 4.09. The molecule has 2 saturated heterocycles. The van der Waals surface area contributed by atoms with Crippen molar-refractivity contribution in [3.05, 3.63) is 201 Å². The molecule has 0 saturated carbocycles. The van der Waals surface area contributed by atoms with Crippen molar-refractivity contribution in [2.75, 3.05) is 31.4 Å². The zero-order valence-electron chi connectivity index (χ0n) is 34.2. The number of amides is 2. The van der Waals surface area contributed by atoms with Crippen molar-refractivity contribution in [2.45, 2.75) is 34.7 Å². The van der Waals surface area contributed by atoms with Crippen LogP contribution in [0.3, 0.4) is 0 Å². The van der Waals surface area contributed by atoms with E-state index in [1.807, 2.05) is 115 Å². The number of oxime groups is 1. The van der Waals surface area contributed by atoms with Crippen LogP contribution in [-0.2, 0) is 34.2 Å². The number of nitrogens with one attached hydrogen (secondary N) is 2. The standard InChI is InChI=1S/C49H43N5O6S3/c1-58-53-40(38-30-62-48(50-38)52-49(34-21-11-4-12-22-34,35-23-13-5-14-24-35)36-25-15-6-16-26-36)44(55)51-41-45(56)54-42(39(31-61-46(41)54)63-37-27-28-59-29-37)47(57)60-43(32-17-7-2-8-18-32)33-19-9-3-10-20-33/h2-26,30,37,41,43,46H,27-29,31H2,1H3,(H,50,52)(H,51,55)/b53-40-/t37?,41?,46-/m0/s1. The number of carbonyl (C=O) groups is 3. The van der Waals surface area contributed by atoms with Crippen LogP contribution < -0.4 is 10.6 Å². The highest BCUT2D eigenvalue weighted by Crippen LogP contribution is 2.46. The molecule has 3 aliphatic heterocycles. The summed E-state index contributed by atoms with van der Waals surface area (Å²) in [7, 11) is 1.35. The lowest BCUT2D eigenvalue weighted by atomic mass is 9.77. The summed E-state index contributed by atoms with van der Waals surface area (Å²) in [6.07, 6.45) is 0.117. The first-order valence-electron chi connectivity index (χ1n) is 20.5. The second kappa shape index (κ2) is 19.1. The van der Waals surface area contributed by atoms with E-state index in [2.05, 4.69) is 52.2 Å². The molecule has 63 heavy (non-hydrogen) atoms. The molecule has 0 aliphatic carbocycles. The van der Waals surface area contributed by atoms with Gasteiger partial charge in [-0.1, -0.05) is 157 Å². The molecule has 318 valence electrons. The van der Waals surface area contributed by atoms with Crippen molar-refractivity contribution in [1.29, 1.82) is 0 Å². The molecule has 11 nitrogen and oxygen atoms in total. The van der Waals surface area contributed by atoms with Crippen molar-refractivity contribution in [3.8, 4) is 0 Å². The average Bonchev–Trinajstić information content (AvgIpc) is 4.04. The van der Waals surface area contributed by atoms with Crippen LogP contribution in [0.25, 0.3) is 0 Å². The molecule has 3 atom stereocenters. The van der Waals surface area contributed by atoms with Gasteiger partial charge in [-0.25, -0.2) is 9.78 Å². The summed E-state index contributed by atoms with van der Waals surface area (Å²) in [5.74, 6) is -1.24. The molecule has 0 bridgehead atoms. The number of hydrogen-bond acceptors (Lipinski definition) is 12. The van der Waals surface area contributed by atoms with E-state index < -0.39 is 40.8 Å². The quantitative estimate of drug-likeness (QED) is 0.0341. The molecule has 14 heteroatoms. The van der Waals surface area contributed by atoms with E-state index in [0.717, 1.165) is 39.1 Å². The fourth-order valence-corrected chi connectivity index (χ4v) is 11.6. The monoisotopic (exact) mass is 893 g/mol. The van der Waals surface area contributed by atoms with Crippen molar-refractivity contribution < 1.29 is 28.7 Å². The molecule has 2 unspecified atom stereocenters. The molecule has 3 aliphatic rings. The summed E-state index contributed by atoms with van der Waals surface area (Å²) in [4.78, 5) is 55.3. The van der Waals surface area contributed by atoms with Crippen LogP contribution in [-0.4, -0.2) is 76.1 Å². The van der Waals surface area contributed by atoms with Crippen molar-refractivity contribution in [2.24, 2.45) is 5.16 Å². The van der Waals surface area contributed by atoms with Gasteiger partial charge in [-0.2, -0.15) is 0 Å². The Balaban J connectivity index is 0.976. The van der Waals surface area contributed by atoms with Crippen LogP contribution in [0.4, 0.5) is 5.13 Å². The van der Waals surface area contributed by atoms with Crippen molar-refractivity contribution >= 4 is 63.5 Å². The van der Waals surface area contributed by atoms with Crippen LogP contribution in [0.2, 0.25) is 0 Å². The number of rotatable bonds is 15. The smallest absolute Gasteiger partial charge is 0.356 e. The van der Waals surface area contributed by atoms with E-state index in [4.69, 9.17) is 19.3 Å². The Hall–Kier alpha value is -6.19. The third kappa shape index (κ3) is 8.63. The third-order valence-corrected chi connectivity index (χ3v) is 14.6. The first-order valence-corrected chi connectivity index (χ1v) is 23.3. The third-order valence-electron chi connectivity index (χ3n) is 11.1. The number of thioether (sulfide) groups is 2. The summed E-state index contributed by atoms with van der Waals surface area (Å²) in [5, 5.41) is 12.6. The molecule has 1 aromatic heterocycles. The SMILES string of the molecule is CO/N=C(\C(=O)NC1C(=O)N2C(C(=O)OC(c3ccccc3)c3ccccc3)=C(SC3CCOC3)CS[C@@H]12)c1csc(NC(c2ccccc2)(c2ccccc2)c2ccccc2)n1. The Bertz CT molecular complexity index is 2470. The van der Waals surface area contributed by atoms with Gasteiger partial charge >= 0.3 is 5.97 Å². The van der Waals surface area contributed by atoms with Gasteiger partial charge in [-0.15, -0.1) is 34.9 Å². The maximum absolute atomic E-state index is 14.5. The van der Waals surface area contributed by atoms with Crippen molar-refractivity contribution in [1.82, 2.24) is 15.2 Å². The molecule has 2 amide bonds. The van der Waals surface area contributed by atoms with Gasteiger partial charge in [0.25, 0.3) is 11.8 Å². The Morgan fingerprint density at radius 1 is 0.841 bits per heavy atom. The van der Waals surface area contributed by atoms with Gasteiger partial charge in [0.2, 0.25) is 0 Å². The summed E-state index contributed by atoms with van der Waals surface area (Å²) < 4.78 is 12.0. The van der Waals surface area contributed by atoms with Crippen LogP contribution in [0.15, 0.2) is 173 Å². The molecule has 9 rings (SSSR count). The normalized spacial score (nSPS) is 18.7. The summed E-state index contributed by atoms with van der Waals surface area (Å²) in [6.45, 7) is 1.19. The van der Waals surface area contributed by atoms with E-state index in [1.165, 1.54) is 35.1 Å². The number of ether oxygens (including phenoxy) is 2. The number of hydrogen-bond donors (Lipinski definition) is 2. The largest absolute Gasteiger partial charge is 0.448 e. The molecule has 0 spiro atoms. The van der Waals surface area contributed by atoms with Gasteiger partial charge in [0.1, 0.15) is 35.5 Å². The van der Waals surface area contributed by atoms with E-state index >= 15 is 0 Å². The van der Waals surface area contributed by atoms with Crippen LogP contribution in [0, 0.1) is 0 Å². The van der Waals surface area contributed by atoms with Crippen LogP contribution in [0.1, 0.15) is 46.0 Å². The lowest BCUT2D eigenvalue weighted by Gasteiger charge is -2.49. The number of esters is 1. The number of β-lactam (4-membered cyclic amide) rings is 1. The van der Waals surface area contributed by atoms with Gasteiger partial charge < -0.3 is 24.9 Å². The highest BCUT2D eigenvalue weighted by atomic mass is 32.2. The number of nitrogens with zero attached hydrogens (tertiary/aromatic N) is 3. The maximum atomic E-state index is 14.5. The minimum atomic E-state index is -0.953. The molecular weight excluding hydrogens is 851 g/mol. The summed E-state index contributed by atoms with van der Waals surface area (Å²) >= 11 is 4.36. The van der Waals surface area contributed by atoms with E-state index in [-0.39, 0.29) is 22.4 Å². The Morgan fingerprint density at radius 2 is 1.40 bits per heavy atom. The Labute approximate surface area is 377 Å². The van der Waals surface area contributed by atoms with E-state index in [1.54, 1.807) is 17.1 Å². The second-order valence-electron chi connectivity index (χ2n) is 15.0. The fraction of sp³-hybridized carbons (Fsp3) is 0.204. The number of aromatic nitrogens is 1. The highest BCUT2D eigenvalue weighted by molar-refractivity contribution is 8.06. The first-order chi connectivity index (χ1) is 30.9. The Kier molecular flexibility index (Phi) is 12.7. The van der Waals surface area contributed by atoms with Crippen molar-refractivity contribution in [3.63, 3.8) is 0 Å². The average molecular weight is 894 g/mol. The minimum absolute atomic E-state index is 0.0974. The van der Waals surface area contributed by atoms with E-state index in [0.29, 0.717) is 24.1 Å². The second-order valence-corrected chi connectivity index (χ2v) is 18.3. The number of fused-ring (bicyclic) bond motifs is 1. The number of carbonyl (C=O) groups excluding carboxylic acids is 3. The van der Waals surface area contributed by atoms with Gasteiger partial charge in [-0.05, 0) is 34.2 Å². The Morgan fingerprint density at radius 3 is 1.92 bits per heavy atom. The zero-order chi connectivity index (χ0) is 43.2. The number of thiazole rings is 1. The van der Waals surface area contributed by atoms with Gasteiger partial charge in [-0.3, -0.25) is 14.5 Å². The fourth-order valence-electron chi connectivity index (χ4n) is 8.11. The van der Waals surface area contributed by atoms with E-state index in [9.17, 15) is 14.4 Å². The van der Waals surface area contributed by atoms with Gasteiger partial charge in [0, 0.05) is 27.9 Å². The lowest BCUT2D eigenvalue weighted by Crippen LogP contribution is -2.71. The molecule has 5 aromatic carbocycles. The van der Waals surface area contributed by atoms with Crippen LogP contribution >= 0.6 is 34.9 Å². The molecular formula is C49H43N5O6S3. The molecule has 2 N–H and O–H groups in total. The predicted molar refractivity (Wildman–Crippen MR) is 248 cm³/mol. The highest BCUT2D eigenvalue weighted by Gasteiger charge is 2.55. The minimum Gasteiger partial charge on any atom is -0.448 e. The number of benzene rings is 5. The maximum Gasteiger partial charge on any atom is 0.356 e. The van der Waals surface area contributed by atoms with Crippen LogP contribution in [0.5, 0.6) is 0 Å². The molecule has 0 radical (unpaired) electrons.